The van der Waals surface area contributed by atoms with Crippen LogP contribution in [-0.2, 0) is 13.0 Å². The van der Waals surface area contributed by atoms with Gasteiger partial charge in [-0.3, -0.25) is 4.52 Å². The number of anilines is 1. The van der Waals surface area contributed by atoms with Crippen molar-refractivity contribution >= 4 is 17.5 Å². The Morgan fingerprint density at radius 1 is 1.05 bits per heavy atom. The number of aromatic nitrogens is 2. The van der Waals surface area contributed by atoms with Crippen molar-refractivity contribution in [1.82, 2.24) is 5.27 Å². The molecule has 0 aliphatic carbocycles. The van der Waals surface area contributed by atoms with Gasteiger partial charge in [-0.25, -0.2) is 0 Å². The van der Waals surface area contributed by atoms with Crippen LogP contribution >= 0.6 is 11.6 Å². The molecule has 0 saturated carbocycles. The topological polar surface area (TPSA) is 55.9 Å². The van der Waals surface area contributed by atoms with Crippen molar-refractivity contribution in [2.45, 2.75) is 13.0 Å². The van der Waals surface area contributed by atoms with E-state index >= 15 is 0 Å². The van der Waals surface area contributed by atoms with Gasteiger partial charge in [0.2, 0.25) is 5.27 Å². The fourth-order valence-corrected chi connectivity index (χ4v) is 2.36. The Balaban J connectivity index is 1.85. The molecule has 0 atom stereocenters. The second-order valence-corrected chi connectivity index (χ2v) is 5.19. The van der Waals surface area contributed by atoms with Gasteiger partial charge in [0, 0.05) is 11.4 Å². The van der Waals surface area contributed by atoms with Crippen LogP contribution in [0.25, 0.3) is 11.3 Å². The third-order valence-corrected chi connectivity index (χ3v) is 3.55. The molecule has 0 unspecified atom stereocenters. The van der Waals surface area contributed by atoms with Crippen molar-refractivity contribution < 1.29 is 9.20 Å². The van der Waals surface area contributed by atoms with Crippen molar-refractivity contribution in [3.05, 3.63) is 65.2 Å². The first-order chi connectivity index (χ1) is 10.2. The molecule has 0 aliphatic heterocycles. The number of hydrogen-bond acceptors (Lipinski definition) is 3. The molecule has 1 heterocycles. The third-order valence-electron chi connectivity index (χ3n) is 3.30. The zero-order chi connectivity index (χ0) is 14.7. The van der Waals surface area contributed by atoms with Crippen LogP contribution in [0.4, 0.5) is 5.88 Å². The van der Waals surface area contributed by atoms with Crippen molar-refractivity contribution in [1.29, 1.82) is 0 Å². The largest absolute Gasteiger partial charge is 0.362 e. The molecule has 0 saturated heterocycles. The predicted octanol–water partition coefficient (Wildman–Crippen LogP) is 3.11. The van der Waals surface area contributed by atoms with Gasteiger partial charge >= 0.3 is 11.6 Å². The number of nitrogens with zero attached hydrogens (tertiary/aromatic N) is 2. The minimum atomic E-state index is 0.311. The van der Waals surface area contributed by atoms with E-state index in [-0.39, 0.29) is 0 Å². The monoisotopic (exact) mass is 300 g/mol. The van der Waals surface area contributed by atoms with Gasteiger partial charge in [0.05, 0.1) is 5.56 Å². The molecule has 0 aliphatic rings. The van der Waals surface area contributed by atoms with Gasteiger partial charge in [0.1, 0.15) is 0 Å². The molecule has 0 spiro atoms. The van der Waals surface area contributed by atoms with E-state index in [1.54, 1.807) is 4.68 Å². The predicted molar refractivity (Wildman–Crippen MR) is 81.7 cm³/mol. The number of hydrogen-bond donors (Lipinski definition) is 1. The molecule has 4 nitrogen and oxygen atoms in total. The van der Waals surface area contributed by atoms with Crippen LogP contribution in [0.5, 0.6) is 0 Å². The standard InChI is InChI=1S/C16H15ClN3O/c17-14-8-6-13(7-9-14)15-16(18)21-19-20(15)11-10-12-4-2-1-3-5-12/h1-9H,10-11,18H2/q+1. The maximum atomic E-state index is 5.92. The lowest BCUT2D eigenvalue weighted by atomic mass is 10.1. The average molecular weight is 301 g/mol. The molecule has 3 rings (SSSR count). The molecule has 1 aromatic heterocycles. The van der Waals surface area contributed by atoms with Gasteiger partial charge in [0.15, 0.2) is 6.54 Å². The average Bonchev–Trinajstić information content (AvgIpc) is 2.88. The molecule has 21 heavy (non-hydrogen) atoms. The SMILES string of the molecule is Nc1on[n+](CCc2ccccc2)c1-c1ccc(Cl)cc1. The first-order valence-corrected chi connectivity index (χ1v) is 7.07. The number of rotatable bonds is 4. The number of nitrogens with two attached hydrogens (primary N) is 1. The van der Waals surface area contributed by atoms with Crippen molar-refractivity contribution in [2.75, 3.05) is 5.73 Å². The van der Waals surface area contributed by atoms with E-state index in [9.17, 15) is 0 Å². The smallest absolute Gasteiger partial charge is 0.304 e. The fraction of sp³-hybridized carbons (Fsp3) is 0.125. The summed E-state index contributed by atoms with van der Waals surface area (Å²) < 4.78 is 6.91. The van der Waals surface area contributed by atoms with Crippen molar-refractivity contribution in [3.8, 4) is 11.3 Å². The fourth-order valence-electron chi connectivity index (χ4n) is 2.24. The number of nitrogen functional groups attached to an aromatic ring is 1. The van der Waals surface area contributed by atoms with E-state index in [4.69, 9.17) is 21.9 Å². The van der Waals surface area contributed by atoms with E-state index in [2.05, 4.69) is 17.4 Å². The second-order valence-electron chi connectivity index (χ2n) is 4.75. The van der Waals surface area contributed by atoms with Crippen LogP contribution in [0, 0.1) is 0 Å². The van der Waals surface area contributed by atoms with Gasteiger partial charge in [-0.05, 0) is 34.5 Å². The molecule has 3 aromatic rings. The van der Waals surface area contributed by atoms with E-state index in [0.29, 0.717) is 17.5 Å². The highest BCUT2D eigenvalue weighted by atomic mass is 35.5. The van der Waals surface area contributed by atoms with Crippen molar-refractivity contribution in [2.24, 2.45) is 0 Å². The molecule has 0 bridgehead atoms. The van der Waals surface area contributed by atoms with Crippen molar-refractivity contribution in [3.63, 3.8) is 0 Å². The zero-order valence-electron chi connectivity index (χ0n) is 11.4. The third kappa shape index (κ3) is 3.06. The second kappa shape index (κ2) is 5.97. The van der Waals surface area contributed by atoms with Gasteiger partial charge in [-0.2, -0.15) is 0 Å². The van der Waals surface area contributed by atoms with Crippen LogP contribution in [0.2, 0.25) is 5.02 Å². The van der Waals surface area contributed by atoms with E-state index in [1.165, 1.54) is 5.56 Å². The molecule has 0 fully saturated rings. The summed E-state index contributed by atoms with van der Waals surface area (Å²) in [5.74, 6) is 0.311. The summed E-state index contributed by atoms with van der Waals surface area (Å²) in [4.78, 5) is 0. The maximum Gasteiger partial charge on any atom is 0.304 e. The van der Waals surface area contributed by atoms with Crippen LogP contribution < -0.4 is 10.4 Å². The Kier molecular flexibility index (Phi) is 3.88. The minimum absolute atomic E-state index is 0.311. The van der Waals surface area contributed by atoms with Gasteiger partial charge in [-0.15, -0.1) is 0 Å². The van der Waals surface area contributed by atoms with Gasteiger partial charge in [0.25, 0.3) is 0 Å². The lowest BCUT2D eigenvalue weighted by Crippen LogP contribution is -2.38. The summed E-state index contributed by atoms with van der Waals surface area (Å²) in [5.41, 5.74) is 8.86. The van der Waals surface area contributed by atoms with E-state index in [1.807, 2.05) is 42.5 Å². The lowest BCUT2D eigenvalue weighted by molar-refractivity contribution is -0.752. The molecule has 2 N–H and O–H groups in total. The minimum Gasteiger partial charge on any atom is -0.362 e. The van der Waals surface area contributed by atoms with Crippen LogP contribution in [0.3, 0.4) is 0 Å². The number of halogens is 1. The lowest BCUT2D eigenvalue weighted by Gasteiger charge is -1.98. The van der Waals surface area contributed by atoms with E-state index in [0.717, 1.165) is 17.7 Å². The Bertz CT molecular complexity index is 723. The first-order valence-electron chi connectivity index (χ1n) is 6.69. The highest BCUT2D eigenvalue weighted by Gasteiger charge is 2.24. The van der Waals surface area contributed by atoms with Crippen LogP contribution in [-0.4, -0.2) is 5.27 Å². The van der Waals surface area contributed by atoms with E-state index < -0.39 is 0 Å². The molecule has 2 aromatic carbocycles. The van der Waals surface area contributed by atoms with Gasteiger partial charge in [-0.1, -0.05) is 41.9 Å². The highest BCUT2D eigenvalue weighted by Crippen LogP contribution is 2.23. The van der Waals surface area contributed by atoms with Crippen LogP contribution in [0.1, 0.15) is 5.56 Å². The summed E-state index contributed by atoms with van der Waals surface area (Å²) in [7, 11) is 0. The normalized spacial score (nSPS) is 10.7. The highest BCUT2D eigenvalue weighted by molar-refractivity contribution is 6.30. The molecular weight excluding hydrogens is 286 g/mol. The summed E-state index contributed by atoms with van der Waals surface area (Å²) in [6.45, 7) is 0.697. The summed E-state index contributed by atoms with van der Waals surface area (Å²) in [6.07, 6.45) is 0.859. The van der Waals surface area contributed by atoms with Gasteiger partial charge < -0.3 is 5.73 Å². The molecule has 0 amide bonds. The van der Waals surface area contributed by atoms with Crippen LogP contribution in [0.15, 0.2) is 59.1 Å². The summed E-state index contributed by atoms with van der Waals surface area (Å²) in [5, 5.41) is 4.70. The molecule has 5 heteroatoms. The zero-order valence-corrected chi connectivity index (χ0v) is 12.1. The Morgan fingerprint density at radius 3 is 2.48 bits per heavy atom. The summed E-state index contributed by atoms with van der Waals surface area (Å²) >= 11 is 5.92. The molecular formula is C16H15ClN3O+. The quantitative estimate of drug-likeness (QED) is 0.753. The Labute approximate surface area is 127 Å². The summed E-state index contributed by atoms with van der Waals surface area (Å²) in [6, 6.07) is 17.7. The Hall–Kier alpha value is -2.33. The number of aryl methyl sites for hydroxylation is 2. The molecule has 106 valence electrons. The maximum absolute atomic E-state index is 5.92. The Morgan fingerprint density at radius 2 is 1.76 bits per heavy atom. The molecule has 0 radical (unpaired) electrons. The first kappa shape index (κ1) is 13.6. The number of benzene rings is 2.